The van der Waals surface area contributed by atoms with Gasteiger partial charge in [-0.25, -0.2) is 0 Å². The second kappa shape index (κ2) is 14.3. The molecule has 2 atom stereocenters. The molecule has 9 nitrogen and oxygen atoms in total. The van der Waals surface area contributed by atoms with Crippen LogP contribution in [0.25, 0.3) is 10.8 Å². The Morgan fingerprint density at radius 2 is 1.61 bits per heavy atom. The first kappa shape index (κ1) is 32.4. The van der Waals surface area contributed by atoms with E-state index in [2.05, 4.69) is 16.0 Å². The Morgan fingerprint density at radius 1 is 0.974 bits per heavy atom. The highest BCUT2D eigenvalue weighted by atomic mass is 35.5. The van der Waals surface area contributed by atoms with Gasteiger partial charge in [-0.2, -0.15) is 0 Å². The fourth-order valence-corrected chi connectivity index (χ4v) is 3.60. The molecule has 0 saturated heterocycles. The van der Waals surface area contributed by atoms with Crippen LogP contribution in [0.15, 0.2) is 66.7 Å². The first-order valence-corrected chi connectivity index (χ1v) is 11.6. The predicted octanol–water partition coefficient (Wildman–Crippen LogP) is 2.27. The quantitative estimate of drug-likeness (QED) is 0.230. The second-order valence-electron chi connectivity index (χ2n) is 9.17. The van der Waals surface area contributed by atoms with Crippen molar-refractivity contribution in [2.45, 2.75) is 45.4 Å². The van der Waals surface area contributed by atoms with Gasteiger partial charge in [0.2, 0.25) is 11.8 Å². The third-order valence-corrected chi connectivity index (χ3v) is 5.78. The molecule has 3 amide bonds. The van der Waals surface area contributed by atoms with Crippen molar-refractivity contribution in [3.05, 3.63) is 77.9 Å². The summed E-state index contributed by atoms with van der Waals surface area (Å²) in [5.41, 5.74) is 5.18. The van der Waals surface area contributed by atoms with Crippen molar-refractivity contribution in [1.82, 2.24) is 16.0 Å². The van der Waals surface area contributed by atoms with Crippen LogP contribution in [0, 0.1) is 0 Å². The van der Waals surface area contributed by atoms with Crippen molar-refractivity contribution >= 4 is 40.9 Å². The summed E-state index contributed by atoms with van der Waals surface area (Å²) in [6.07, 6.45) is -0.713. The molecule has 0 radical (unpaired) electrons. The van der Waals surface area contributed by atoms with E-state index in [1.807, 2.05) is 42.5 Å². The number of amides is 3. The van der Waals surface area contributed by atoms with Crippen LogP contribution in [0.5, 0.6) is 5.75 Å². The SMILES string of the molecule is C.CC(C)(NC(=O)c1ccc(O)cc1)C(=O)N[C@H](Cc1ccc2ccccc2c1)C(=O)NCC(O)CN.Cl. The first-order chi connectivity index (χ1) is 17.1. The number of aliphatic hydroxyl groups excluding tert-OH is 1. The van der Waals surface area contributed by atoms with Crippen LogP contribution in [0.4, 0.5) is 0 Å². The van der Waals surface area contributed by atoms with Crippen LogP contribution in [0.2, 0.25) is 0 Å². The number of halogens is 1. The number of hydrogen-bond acceptors (Lipinski definition) is 6. The zero-order valence-corrected chi connectivity index (χ0v) is 21.5. The summed E-state index contributed by atoms with van der Waals surface area (Å²) >= 11 is 0. The average molecular weight is 545 g/mol. The molecule has 0 aliphatic carbocycles. The minimum absolute atomic E-state index is 0. The van der Waals surface area contributed by atoms with Crippen molar-refractivity contribution in [3.63, 3.8) is 0 Å². The van der Waals surface area contributed by atoms with Crippen LogP contribution in [0.3, 0.4) is 0 Å². The van der Waals surface area contributed by atoms with Gasteiger partial charge in [-0.1, -0.05) is 49.9 Å². The summed E-state index contributed by atoms with van der Waals surface area (Å²) in [7, 11) is 0. The van der Waals surface area contributed by atoms with Crippen LogP contribution in [-0.2, 0) is 16.0 Å². The Morgan fingerprint density at radius 3 is 2.24 bits per heavy atom. The number of phenols is 1. The van der Waals surface area contributed by atoms with E-state index >= 15 is 0 Å². The van der Waals surface area contributed by atoms with Gasteiger partial charge in [0.05, 0.1) is 6.10 Å². The number of carbonyl (C=O) groups excluding carboxylic acids is 3. The molecule has 38 heavy (non-hydrogen) atoms. The number of aliphatic hydroxyl groups is 1. The van der Waals surface area contributed by atoms with Gasteiger partial charge in [0, 0.05) is 25.1 Å². The number of hydrogen-bond donors (Lipinski definition) is 6. The number of phenolic OH excluding ortho intramolecular Hbond substituents is 1. The lowest BCUT2D eigenvalue weighted by Crippen LogP contribution is -2.59. The number of nitrogens with two attached hydrogens (primary N) is 1. The molecule has 3 aromatic rings. The van der Waals surface area contributed by atoms with Crippen molar-refractivity contribution in [1.29, 1.82) is 0 Å². The fraction of sp³-hybridized carbons (Fsp3) is 0.321. The Balaban J connectivity index is 0.00000361. The summed E-state index contributed by atoms with van der Waals surface area (Å²) in [6.45, 7) is 2.99. The molecule has 0 aliphatic rings. The molecule has 0 bridgehead atoms. The number of aromatic hydroxyl groups is 1. The largest absolute Gasteiger partial charge is 0.508 e. The van der Waals surface area contributed by atoms with Crippen LogP contribution in [0.1, 0.15) is 37.2 Å². The van der Waals surface area contributed by atoms with Gasteiger partial charge in [-0.15, -0.1) is 12.4 Å². The van der Waals surface area contributed by atoms with Crippen molar-refractivity contribution in [2.75, 3.05) is 13.1 Å². The molecule has 0 aliphatic heterocycles. The van der Waals surface area contributed by atoms with E-state index in [4.69, 9.17) is 5.73 Å². The Hall–Kier alpha value is -3.66. The van der Waals surface area contributed by atoms with E-state index < -0.39 is 35.4 Å². The Kier molecular flexibility index (Phi) is 12.2. The lowest BCUT2D eigenvalue weighted by atomic mass is 9.98. The molecular formula is C28H37ClN4O5. The number of carbonyl (C=O) groups is 3. The van der Waals surface area contributed by atoms with E-state index in [9.17, 15) is 24.6 Å². The Bertz CT molecular complexity index is 1230. The second-order valence-corrected chi connectivity index (χ2v) is 9.17. The third kappa shape index (κ3) is 8.72. The molecule has 0 fully saturated rings. The van der Waals surface area contributed by atoms with Gasteiger partial charge in [0.15, 0.2) is 0 Å². The summed E-state index contributed by atoms with van der Waals surface area (Å²) in [5, 5.41) is 29.3. The maximum Gasteiger partial charge on any atom is 0.252 e. The average Bonchev–Trinajstić information content (AvgIpc) is 2.86. The zero-order valence-electron chi connectivity index (χ0n) is 20.7. The minimum Gasteiger partial charge on any atom is -0.508 e. The molecular weight excluding hydrogens is 508 g/mol. The minimum atomic E-state index is -1.35. The molecule has 7 N–H and O–H groups in total. The van der Waals surface area contributed by atoms with Crippen LogP contribution >= 0.6 is 12.4 Å². The van der Waals surface area contributed by atoms with Gasteiger partial charge in [0.25, 0.3) is 5.91 Å². The monoisotopic (exact) mass is 544 g/mol. The molecule has 1 unspecified atom stereocenters. The van der Waals surface area contributed by atoms with Crippen molar-refractivity contribution < 1.29 is 24.6 Å². The molecule has 0 aromatic heterocycles. The smallest absolute Gasteiger partial charge is 0.252 e. The molecule has 3 aromatic carbocycles. The van der Waals surface area contributed by atoms with Crippen molar-refractivity contribution in [2.24, 2.45) is 5.73 Å². The Labute approximate surface area is 229 Å². The van der Waals surface area contributed by atoms with E-state index in [1.54, 1.807) is 0 Å². The van der Waals surface area contributed by atoms with Gasteiger partial charge in [-0.05, 0) is 54.4 Å². The molecule has 0 heterocycles. The summed E-state index contributed by atoms with van der Waals surface area (Å²) in [6, 6.07) is 18.3. The predicted molar refractivity (Wildman–Crippen MR) is 151 cm³/mol. The lowest BCUT2D eigenvalue weighted by molar-refractivity contribution is -0.132. The van der Waals surface area contributed by atoms with E-state index in [1.165, 1.54) is 38.1 Å². The maximum atomic E-state index is 13.2. The normalized spacial score (nSPS) is 12.3. The maximum absolute atomic E-state index is 13.2. The van der Waals surface area contributed by atoms with E-state index in [-0.39, 0.29) is 50.7 Å². The summed E-state index contributed by atoms with van der Waals surface area (Å²) in [5.74, 6) is -1.53. The van der Waals surface area contributed by atoms with Crippen LogP contribution < -0.4 is 21.7 Å². The van der Waals surface area contributed by atoms with Gasteiger partial charge in [-0.3, -0.25) is 14.4 Å². The standard InChI is InChI=1S/C27H32N4O5.CH4.ClH/c1-27(2,31-24(34)19-9-11-21(32)12-10-19)26(36)30-23(25(35)29-16-22(33)15-28)14-17-7-8-18-5-3-4-6-20(18)13-17;;/h3-13,22-23,32-33H,14-16,28H2,1-2H3,(H,29,35)(H,30,36)(H,31,34);1H4;1H/t22?,23-;;/m1../s1. The summed E-state index contributed by atoms with van der Waals surface area (Å²) in [4.78, 5) is 38.8. The summed E-state index contributed by atoms with van der Waals surface area (Å²) < 4.78 is 0. The van der Waals surface area contributed by atoms with Gasteiger partial charge in [0.1, 0.15) is 17.3 Å². The fourth-order valence-electron chi connectivity index (χ4n) is 3.60. The highest BCUT2D eigenvalue weighted by molar-refractivity contribution is 6.00. The van der Waals surface area contributed by atoms with E-state index in [0.717, 1.165) is 16.3 Å². The zero-order chi connectivity index (χ0) is 26.3. The number of fused-ring (bicyclic) bond motifs is 1. The van der Waals surface area contributed by atoms with Crippen LogP contribution in [-0.4, -0.2) is 58.7 Å². The first-order valence-electron chi connectivity index (χ1n) is 11.6. The van der Waals surface area contributed by atoms with Crippen molar-refractivity contribution in [3.8, 4) is 5.75 Å². The van der Waals surface area contributed by atoms with E-state index in [0.29, 0.717) is 0 Å². The molecule has 0 spiro atoms. The third-order valence-electron chi connectivity index (χ3n) is 5.78. The molecule has 0 saturated carbocycles. The highest BCUT2D eigenvalue weighted by Crippen LogP contribution is 2.17. The molecule has 3 rings (SSSR count). The molecule has 10 heteroatoms. The number of rotatable bonds is 10. The number of benzene rings is 3. The van der Waals surface area contributed by atoms with Gasteiger partial charge < -0.3 is 31.9 Å². The lowest BCUT2D eigenvalue weighted by Gasteiger charge is -2.28. The molecule has 206 valence electrons. The highest BCUT2D eigenvalue weighted by Gasteiger charge is 2.33. The number of nitrogens with one attached hydrogen (secondary N) is 3. The van der Waals surface area contributed by atoms with Gasteiger partial charge >= 0.3 is 0 Å². The topological polar surface area (TPSA) is 154 Å².